The molecule has 1 N–H and O–H groups in total. The van der Waals surface area contributed by atoms with Crippen molar-refractivity contribution in [2.75, 3.05) is 7.11 Å². The lowest BCUT2D eigenvalue weighted by molar-refractivity contribution is -0.156. The maximum Gasteiger partial charge on any atom is 0.328 e. The Morgan fingerprint density at radius 2 is 1.76 bits per heavy atom. The molecule has 180 valence electrons. The molecule has 1 amide bonds. The van der Waals surface area contributed by atoms with E-state index >= 15 is 0 Å². The van der Waals surface area contributed by atoms with E-state index < -0.39 is 6.04 Å². The van der Waals surface area contributed by atoms with Crippen LogP contribution >= 0.6 is 0 Å². The van der Waals surface area contributed by atoms with Crippen LogP contribution in [0, 0.1) is 5.92 Å². The highest BCUT2D eigenvalue weighted by Gasteiger charge is 2.34. The van der Waals surface area contributed by atoms with E-state index in [0.29, 0.717) is 18.8 Å². The van der Waals surface area contributed by atoms with E-state index in [1.165, 1.54) is 7.11 Å². The number of carbonyl (C=O) groups excluding carboxylic acids is 2. The third-order valence-corrected chi connectivity index (χ3v) is 6.17. The molecule has 1 aromatic heterocycles. The number of esters is 1. The Bertz CT molecular complexity index is 1070. The van der Waals surface area contributed by atoms with Gasteiger partial charge in [0.05, 0.1) is 7.11 Å². The van der Waals surface area contributed by atoms with Gasteiger partial charge in [0.15, 0.2) is 5.82 Å². The number of methoxy groups -OCH3 is 1. The number of hydrogen-bond acceptors (Lipinski definition) is 6. The number of benzene rings is 2. The van der Waals surface area contributed by atoms with Crippen LogP contribution in [-0.4, -0.2) is 50.6 Å². The van der Waals surface area contributed by atoms with E-state index in [9.17, 15) is 9.59 Å². The highest BCUT2D eigenvalue weighted by atomic mass is 16.5. The van der Waals surface area contributed by atoms with Gasteiger partial charge in [0.2, 0.25) is 5.91 Å². The number of ether oxygens (including phenoxy) is 1. The van der Waals surface area contributed by atoms with Gasteiger partial charge < -0.3 is 9.64 Å². The van der Waals surface area contributed by atoms with E-state index in [4.69, 9.17) is 4.74 Å². The van der Waals surface area contributed by atoms with Crippen LogP contribution in [0.25, 0.3) is 22.5 Å². The molecule has 2 aromatic carbocycles. The zero-order valence-electron chi connectivity index (χ0n) is 20.3. The summed E-state index contributed by atoms with van der Waals surface area (Å²) in [6.45, 7) is 6.40. The number of rotatable bonds is 11. The van der Waals surface area contributed by atoms with Gasteiger partial charge >= 0.3 is 5.97 Å². The number of tetrazole rings is 1. The normalized spacial score (nSPS) is 12.7. The topological polar surface area (TPSA) is 101 Å². The standard InChI is InChI=1S/C26H33N5O3/c1-5-7-12-23(32)31(24(18(3)6-2)26(33)34-4)17-19-13-15-20(16-14-19)21-10-8-9-11-22(21)25-27-29-30-28-25/h8-11,13-16,18,24H,5-7,12,17H2,1-4H3,(H,27,28,29,30)/t18?,24-/m0/s1. The van der Waals surface area contributed by atoms with Gasteiger partial charge in [0.25, 0.3) is 0 Å². The van der Waals surface area contributed by atoms with Crippen molar-refractivity contribution in [1.29, 1.82) is 0 Å². The molecule has 3 aromatic rings. The van der Waals surface area contributed by atoms with E-state index in [-0.39, 0.29) is 17.8 Å². The average molecular weight is 464 g/mol. The first-order valence-corrected chi connectivity index (χ1v) is 11.8. The second kappa shape index (κ2) is 12.1. The first-order chi connectivity index (χ1) is 16.5. The molecule has 0 saturated heterocycles. The maximum absolute atomic E-state index is 13.1. The van der Waals surface area contributed by atoms with Gasteiger partial charge in [0.1, 0.15) is 6.04 Å². The Kier molecular flexibility index (Phi) is 8.90. The number of carbonyl (C=O) groups is 2. The summed E-state index contributed by atoms with van der Waals surface area (Å²) in [7, 11) is 1.38. The molecule has 34 heavy (non-hydrogen) atoms. The summed E-state index contributed by atoms with van der Waals surface area (Å²) in [5.74, 6) is 0.191. The van der Waals surface area contributed by atoms with Crippen molar-refractivity contribution in [1.82, 2.24) is 25.5 Å². The van der Waals surface area contributed by atoms with Gasteiger partial charge in [-0.25, -0.2) is 9.89 Å². The number of aromatic nitrogens is 4. The molecule has 0 saturated carbocycles. The van der Waals surface area contributed by atoms with Crippen LogP contribution in [0.3, 0.4) is 0 Å². The van der Waals surface area contributed by atoms with Crippen molar-refractivity contribution in [3.05, 3.63) is 54.1 Å². The van der Waals surface area contributed by atoms with Gasteiger partial charge in [-0.1, -0.05) is 82.1 Å². The van der Waals surface area contributed by atoms with Gasteiger partial charge in [-0.2, -0.15) is 0 Å². The summed E-state index contributed by atoms with van der Waals surface area (Å²) in [6, 6.07) is 15.3. The second-order valence-electron chi connectivity index (χ2n) is 8.47. The molecule has 0 aliphatic carbocycles. The predicted molar refractivity (Wildman–Crippen MR) is 130 cm³/mol. The number of amides is 1. The molecule has 1 heterocycles. The summed E-state index contributed by atoms with van der Waals surface area (Å²) < 4.78 is 5.08. The van der Waals surface area contributed by atoms with Crippen molar-refractivity contribution in [2.24, 2.45) is 5.92 Å². The highest BCUT2D eigenvalue weighted by Crippen LogP contribution is 2.30. The van der Waals surface area contributed by atoms with E-state index in [0.717, 1.165) is 41.5 Å². The van der Waals surface area contributed by atoms with Crippen LogP contribution < -0.4 is 0 Å². The first kappa shape index (κ1) is 25.1. The van der Waals surface area contributed by atoms with Crippen LogP contribution in [0.1, 0.15) is 52.0 Å². The van der Waals surface area contributed by atoms with Crippen molar-refractivity contribution in [2.45, 2.75) is 59.0 Å². The lowest BCUT2D eigenvalue weighted by atomic mass is 9.95. The minimum Gasteiger partial charge on any atom is -0.467 e. The van der Waals surface area contributed by atoms with Crippen LogP contribution in [0.5, 0.6) is 0 Å². The molecule has 0 spiro atoms. The molecule has 2 atom stereocenters. The predicted octanol–water partition coefficient (Wildman–Crippen LogP) is 4.64. The van der Waals surface area contributed by atoms with Crippen molar-refractivity contribution in [3.63, 3.8) is 0 Å². The third-order valence-electron chi connectivity index (χ3n) is 6.17. The Labute approximate surface area is 200 Å². The summed E-state index contributed by atoms with van der Waals surface area (Å²) >= 11 is 0. The van der Waals surface area contributed by atoms with E-state index in [1.807, 2.05) is 62.4 Å². The third kappa shape index (κ3) is 5.87. The van der Waals surface area contributed by atoms with Gasteiger partial charge in [-0.05, 0) is 39.5 Å². The molecular formula is C26H33N5O3. The lowest BCUT2D eigenvalue weighted by Gasteiger charge is -2.33. The first-order valence-electron chi connectivity index (χ1n) is 11.8. The fourth-order valence-corrected chi connectivity index (χ4v) is 4.03. The van der Waals surface area contributed by atoms with Crippen LogP contribution in [0.4, 0.5) is 0 Å². The minimum atomic E-state index is -0.612. The summed E-state index contributed by atoms with van der Waals surface area (Å²) in [5, 5.41) is 14.2. The number of aromatic amines is 1. The number of nitrogens with zero attached hydrogens (tertiary/aromatic N) is 4. The maximum atomic E-state index is 13.1. The Hall–Kier alpha value is -3.55. The fraction of sp³-hybridized carbons (Fsp3) is 0.423. The van der Waals surface area contributed by atoms with Crippen molar-refractivity contribution < 1.29 is 14.3 Å². The molecule has 0 bridgehead atoms. The van der Waals surface area contributed by atoms with Gasteiger partial charge in [0, 0.05) is 18.5 Å². The highest BCUT2D eigenvalue weighted by molar-refractivity contribution is 5.85. The van der Waals surface area contributed by atoms with Gasteiger partial charge in [-0.15, -0.1) is 5.10 Å². The van der Waals surface area contributed by atoms with Crippen molar-refractivity contribution >= 4 is 11.9 Å². The largest absolute Gasteiger partial charge is 0.467 e. The Morgan fingerprint density at radius 1 is 1.06 bits per heavy atom. The molecule has 0 aliphatic heterocycles. The summed E-state index contributed by atoms with van der Waals surface area (Å²) in [4.78, 5) is 27.5. The number of H-pyrrole nitrogens is 1. The molecule has 0 fully saturated rings. The van der Waals surface area contributed by atoms with E-state index in [2.05, 4.69) is 27.5 Å². The number of hydrogen-bond donors (Lipinski definition) is 1. The molecule has 8 heteroatoms. The zero-order chi connectivity index (χ0) is 24.5. The minimum absolute atomic E-state index is 0.0142. The molecule has 1 unspecified atom stereocenters. The van der Waals surface area contributed by atoms with Gasteiger partial charge in [-0.3, -0.25) is 4.79 Å². The Morgan fingerprint density at radius 3 is 2.35 bits per heavy atom. The quantitative estimate of drug-likeness (QED) is 0.416. The molecule has 3 rings (SSSR count). The average Bonchev–Trinajstić information content (AvgIpc) is 3.42. The van der Waals surface area contributed by atoms with Crippen LogP contribution in [0.15, 0.2) is 48.5 Å². The zero-order valence-corrected chi connectivity index (χ0v) is 20.3. The molecule has 0 radical (unpaired) electrons. The van der Waals surface area contributed by atoms with Crippen LogP contribution in [0.2, 0.25) is 0 Å². The number of unbranched alkanes of at least 4 members (excludes halogenated alkanes) is 1. The molecule has 8 nitrogen and oxygen atoms in total. The second-order valence-corrected chi connectivity index (χ2v) is 8.47. The Balaban J connectivity index is 1.89. The summed E-state index contributed by atoms with van der Waals surface area (Å²) in [6.07, 6.45) is 2.89. The fourth-order valence-electron chi connectivity index (χ4n) is 4.03. The molecule has 0 aliphatic rings. The monoisotopic (exact) mass is 463 g/mol. The smallest absolute Gasteiger partial charge is 0.328 e. The van der Waals surface area contributed by atoms with E-state index in [1.54, 1.807) is 4.90 Å². The van der Waals surface area contributed by atoms with Crippen molar-refractivity contribution in [3.8, 4) is 22.5 Å². The van der Waals surface area contributed by atoms with Crippen LogP contribution in [-0.2, 0) is 20.9 Å². The SMILES string of the molecule is CCCCC(=O)N(Cc1ccc(-c2ccccc2-c2nnn[nH]2)cc1)[C@H](C(=O)OC)C(C)CC. The molecular weight excluding hydrogens is 430 g/mol. The lowest BCUT2D eigenvalue weighted by Crippen LogP contribution is -2.48. The summed E-state index contributed by atoms with van der Waals surface area (Å²) in [5.41, 5.74) is 3.85. The number of nitrogens with one attached hydrogen (secondary N) is 1.